The number of nitrogens with zero attached hydrogens (tertiary/aromatic N) is 3. The largest absolute Gasteiger partial charge is 0.371 e. The molecule has 1 N–H and O–H groups in total. The highest BCUT2D eigenvalue weighted by Crippen LogP contribution is 2.24. The number of pyridine rings is 2. The van der Waals surface area contributed by atoms with E-state index in [1.54, 1.807) is 0 Å². The van der Waals surface area contributed by atoms with Crippen LogP contribution in [-0.4, -0.2) is 36.1 Å². The molecule has 0 atom stereocenters. The number of rotatable bonds is 5. The quantitative estimate of drug-likeness (QED) is 0.919. The Labute approximate surface area is 122 Å². The molecule has 5 heteroatoms. The van der Waals surface area contributed by atoms with Crippen LogP contribution in [0.5, 0.6) is 0 Å². The monoisotopic (exact) mass is 322 g/mol. The lowest BCUT2D eigenvalue weighted by Gasteiger charge is -2.21. The first-order valence-electron chi connectivity index (χ1n) is 6.42. The normalized spacial score (nSPS) is 11.2. The molecule has 2 aromatic rings. The van der Waals surface area contributed by atoms with Gasteiger partial charge in [0.1, 0.15) is 5.52 Å². The minimum Gasteiger partial charge on any atom is -0.371 e. The molecule has 2 aromatic heterocycles. The Hall–Kier alpha value is -1.20. The molecule has 19 heavy (non-hydrogen) atoms. The maximum absolute atomic E-state index is 4.47. The van der Waals surface area contributed by atoms with Gasteiger partial charge in [0.25, 0.3) is 0 Å². The van der Waals surface area contributed by atoms with Crippen molar-refractivity contribution in [2.45, 2.75) is 19.9 Å². The van der Waals surface area contributed by atoms with Crippen LogP contribution >= 0.6 is 15.9 Å². The van der Waals surface area contributed by atoms with Crippen LogP contribution in [0.15, 0.2) is 29.0 Å². The van der Waals surface area contributed by atoms with Crippen LogP contribution in [0.2, 0.25) is 0 Å². The van der Waals surface area contributed by atoms with Gasteiger partial charge in [0.15, 0.2) is 0 Å². The van der Waals surface area contributed by atoms with E-state index in [0.29, 0.717) is 6.04 Å². The van der Waals surface area contributed by atoms with Crippen LogP contribution in [0, 0.1) is 0 Å². The fraction of sp³-hybridized carbons (Fsp3) is 0.429. The highest BCUT2D eigenvalue weighted by atomic mass is 79.9. The van der Waals surface area contributed by atoms with Crippen LogP contribution in [0.1, 0.15) is 13.8 Å². The topological polar surface area (TPSA) is 41.0 Å². The number of nitrogens with one attached hydrogen (secondary N) is 1. The third kappa shape index (κ3) is 3.64. The zero-order valence-corrected chi connectivity index (χ0v) is 13.1. The van der Waals surface area contributed by atoms with Crippen LogP contribution in [0.3, 0.4) is 0 Å². The van der Waals surface area contributed by atoms with Gasteiger partial charge >= 0.3 is 0 Å². The Morgan fingerprint density at radius 2 is 2.16 bits per heavy atom. The summed E-state index contributed by atoms with van der Waals surface area (Å²) in [5.41, 5.74) is 2.97. The van der Waals surface area contributed by atoms with Gasteiger partial charge < -0.3 is 10.2 Å². The molecular formula is C14H19BrN4. The molecule has 0 spiro atoms. The van der Waals surface area contributed by atoms with E-state index in [-0.39, 0.29) is 0 Å². The molecule has 0 saturated heterocycles. The molecular weight excluding hydrogens is 304 g/mol. The molecule has 0 aromatic carbocycles. The summed E-state index contributed by atoms with van der Waals surface area (Å²) in [5, 5.41) is 3.42. The fourth-order valence-corrected chi connectivity index (χ4v) is 2.26. The average molecular weight is 323 g/mol. The highest BCUT2D eigenvalue weighted by molar-refractivity contribution is 9.10. The summed E-state index contributed by atoms with van der Waals surface area (Å²) >= 11 is 3.43. The van der Waals surface area contributed by atoms with E-state index in [0.717, 1.165) is 34.3 Å². The highest BCUT2D eigenvalue weighted by Gasteiger charge is 2.08. The van der Waals surface area contributed by atoms with Gasteiger partial charge in [-0.05, 0) is 28.1 Å². The maximum atomic E-state index is 4.47. The van der Waals surface area contributed by atoms with Crippen LogP contribution in [-0.2, 0) is 0 Å². The number of aromatic nitrogens is 2. The first kappa shape index (κ1) is 14.2. The summed E-state index contributed by atoms with van der Waals surface area (Å²) in [5.74, 6) is 0. The fourth-order valence-electron chi connectivity index (χ4n) is 1.94. The summed E-state index contributed by atoms with van der Waals surface area (Å²) in [6.45, 7) is 6.20. The van der Waals surface area contributed by atoms with E-state index < -0.39 is 0 Å². The van der Waals surface area contributed by atoms with Crippen molar-refractivity contribution in [3.63, 3.8) is 0 Å². The predicted octanol–water partition coefficient (Wildman–Crippen LogP) is 2.83. The molecule has 0 unspecified atom stereocenters. The van der Waals surface area contributed by atoms with Crippen molar-refractivity contribution in [1.29, 1.82) is 0 Å². The van der Waals surface area contributed by atoms with Gasteiger partial charge in [0, 0.05) is 43.0 Å². The Morgan fingerprint density at radius 3 is 2.89 bits per heavy atom. The van der Waals surface area contributed by atoms with Gasteiger partial charge in [-0.15, -0.1) is 0 Å². The summed E-state index contributed by atoms with van der Waals surface area (Å²) in [4.78, 5) is 11.0. The van der Waals surface area contributed by atoms with E-state index in [9.17, 15) is 0 Å². The number of halogens is 1. The van der Waals surface area contributed by atoms with Crippen molar-refractivity contribution in [3.05, 3.63) is 29.0 Å². The molecule has 0 aliphatic rings. The second-order valence-electron chi connectivity index (χ2n) is 4.88. The Balaban J connectivity index is 2.19. The van der Waals surface area contributed by atoms with Gasteiger partial charge in [0.05, 0.1) is 11.2 Å². The van der Waals surface area contributed by atoms with Crippen molar-refractivity contribution in [1.82, 2.24) is 15.3 Å². The third-order valence-corrected chi connectivity index (χ3v) is 3.37. The molecule has 0 amide bonds. The lowest BCUT2D eigenvalue weighted by atomic mass is 10.2. The smallest absolute Gasteiger partial charge is 0.112 e. The van der Waals surface area contributed by atoms with Gasteiger partial charge in [-0.1, -0.05) is 13.8 Å². The van der Waals surface area contributed by atoms with Crippen molar-refractivity contribution in [3.8, 4) is 0 Å². The Morgan fingerprint density at radius 1 is 1.37 bits per heavy atom. The molecule has 2 rings (SSSR count). The van der Waals surface area contributed by atoms with E-state index in [1.165, 1.54) is 0 Å². The summed E-state index contributed by atoms with van der Waals surface area (Å²) in [6, 6.07) is 4.52. The summed E-state index contributed by atoms with van der Waals surface area (Å²) < 4.78 is 0.953. The van der Waals surface area contributed by atoms with E-state index in [4.69, 9.17) is 0 Å². The van der Waals surface area contributed by atoms with E-state index >= 15 is 0 Å². The van der Waals surface area contributed by atoms with Crippen molar-refractivity contribution in [2.24, 2.45) is 0 Å². The average Bonchev–Trinajstić information content (AvgIpc) is 2.37. The van der Waals surface area contributed by atoms with Crippen molar-refractivity contribution < 1.29 is 0 Å². The number of hydrogen-bond acceptors (Lipinski definition) is 4. The molecule has 0 aliphatic carbocycles. The van der Waals surface area contributed by atoms with Crippen molar-refractivity contribution in [2.75, 3.05) is 25.0 Å². The number of anilines is 1. The second kappa shape index (κ2) is 6.30. The van der Waals surface area contributed by atoms with Gasteiger partial charge in [-0.3, -0.25) is 9.97 Å². The molecule has 0 saturated carbocycles. The summed E-state index contributed by atoms with van der Waals surface area (Å²) in [6.07, 6.45) is 3.64. The third-order valence-electron chi connectivity index (χ3n) is 2.93. The molecule has 0 aliphatic heterocycles. The minimum absolute atomic E-state index is 0.511. The van der Waals surface area contributed by atoms with Crippen LogP contribution in [0.4, 0.5) is 5.69 Å². The number of hydrogen-bond donors (Lipinski definition) is 1. The molecule has 0 bridgehead atoms. The van der Waals surface area contributed by atoms with Gasteiger partial charge in [-0.2, -0.15) is 0 Å². The first-order chi connectivity index (χ1) is 9.08. The SMILES string of the molecule is CC(C)NCCN(C)c1ccnc2cc(Br)cnc12. The second-order valence-corrected chi connectivity index (χ2v) is 5.80. The van der Waals surface area contributed by atoms with E-state index in [1.807, 2.05) is 24.5 Å². The molecule has 0 fully saturated rings. The van der Waals surface area contributed by atoms with Gasteiger partial charge in [0.2, 0.25) is 0 Å². The maximum Gasteiger partial charge on any atom is 0.112 e. The Kier molecular flexibility index (Phi) is 4.71. The number of likely N-dealkylation sites (N-methyl/N-ethyl adjacent to an activating group) is 1. The first-order valence-corrected chi connectivity index (χ1v) is 7.22. The van der Waals surface area contributed by atoms with Crippen molar-refractivity contribution >= 4 is 32.7 Å². The van der Waals surface area contributed by atoms with Gasteiger partial charge in [-0.25, -0.2) is 0 Å². The summed E-state index contributed by atoms with van der Waals surface area (Å²) in [7, 11) is 2.08. The Bertz CT molecular complexity index is 556. The zero-order chi connectivity index (χ0) is 13.8. The van der Waals surface area contributed by atoms with Crippen LogP contribution < -0.4 is 10.2 Å². The molecule has 4 nitrogen and oxygen atoms in total. The predicted molar refractivity (Wildman–Crippen MR) is 83.6 cm³/mol. The lowest BCUT2D eigenvalue weighted by molar-refractivity contribution is 0.589. The molecule has 2 heterocycles. The van der Waals surface area contributed by atoms with E-state index in [2.05, 4.69) is 57.0 Å². The molecule has 0 radical (unpaired) electrons. The minimum atomic E-state index is 0.511. The standard InChI is InChI=1S/C14H19BrN4/c1-10(2)16-6-7-19(3)13-4-5-17-12-8-11(15)9-18-14(12)13/h4-5,8-10,16H,6-7H2,1-3H3. The zero-order valence-electron chi connectivity index (χ0n) is 11.5. The van der Waals surface area contributed by atoms with Crippen LogP contribution in [0.25, 0.3) is 11.0 Å². The molecule has 102 valence electrons. The number of fused-ring (bicyclic) bond motifs is 1. The lowest BCUT2D eigenvalue weighted by Crippen LogP contribution is -2.32.